The van der Waals surface area contributed by atoms with Gasteiger partial charge in [0.05, 0.1) is 27.9 Å². The molecule has 3 aromatic rings. The van der Waals surface area contributed by atoms with Crippen molar-refractivity contribution in [3.05, 3.63) is 97.0 Å². The number of halogens is 3. The average Bonchev–Trinajstić information content (AvgIpc) is 2.80. The number of carbonyl (C=O) groups excluding carboxylic acids is 1. The monoisotopic (exact) mass is 531 g/mol. The third-order valence-electron chi connectivity index (χ3n) is 5.96. The van der Waals surface area contributed by atoms with Crippen LogP contribution in [-0.2, 0) is 17.9 Å². The van der Waals surface area contributed by atoms with Crippen LogP contribution < -0.4 is 9.80 Å². The predicted molar refractivity (Wildman–Crippen MR) is 142 cm³/mol. The van der Waals surface area contributed by atoms with Gasteiger partial charge in [0.25, 0.3) is 5.69 Å². The Bertz CT molecular complexity index is 1250. The third-order valence-corrected chi connectivity index (χ3v) is 6.75. The molecule has 35 heavy (non-hydrogen) atoms. The highest BCUT2D eigenvalue weighted by Crippen LogP contribution is 2.46. The zero-order valence-corrected chi connectivity index (χ0v) is 21.5. The van der Waals surface area contributed by atoms with Crippen LogP contribution in [0.2, 0.25) is 15.1 Å². The van der Waals surface area contributed by atoms with Crippen molar-refractivity contribution in [3.63, 3.8) is 0 Å². The van der Waals surface area contributed by atoms with Crippen LogP contribution in [0.3, 0.4) is 0 Å². The van der Waals surface area contributed by atoms with Crippen molar-refractivity contribution in [2.24, 2.45) is 5.92 Å². The normalized spacial score (nSPS) is 15.5. The molecule has 1 aliphatic heterocycles. The summed E-state index contributed by atoms with van der Waals surface area (Å²) in [6.07, 6.45) is 0.594. The fourth-order valence-corrected chi connectivity index (χ4v) is 4.91. The number of rotatable bonds is 7. The minimum Gasteiger partial charge on any atom is -0.352 e. The molecule has 0 saturated heterocycles. The molecule has 0 fully saturated rings. The van der Waals surface area contributed by atoms with Gasteiger partial charge in [0.2, 0.25) is 5.91 Å². The van der Waals surface area contributed by atoms with Crippen LogP contribution in [0.4, 0.5) is 17.1 Å². The Morgan fingerprint density at radius 3 is 1.97 bits per heavy atom. The van der Waals surface area contributed by atoms with Crippen LogP contribution in [0.1, 0.15) is 31.4 Å². The van der Waals surface area contributed by atoms with Gasteiger partial charge in [-0.3, -0.25) is 14.9 Å². The largest absolute Gasteiger partial charge is 0.352 e. The Morgan fingerprint density at radius 1 is 0.914 bits per heavy atom. The van der Waals surface area contributed by atoms with Crippen molar-refractivity contribution in [2.45, 2.75) is 39.4 Å². The molecule has 1 amide bonds. The van der Waals surface area contributed by atoms with Crippen LogP contribution in [0, 0.1) is 16.0 Å². The number of amides is 1. The zero-order chi connectivity index (χ0) is 25.3. The van der Waals surface area contributed by atoms with Crippen molar-refractivity contribution < 1.29 is 9.72 Å². The molecule has 4 rings (SSSR count). The lowest BCUT2D eigenvalue weighted by atomic mass is 9.95. The van der Waals surface area contributed by atoms with Gasteiger partial charge in [-0.05, 0) is 47.7 Å². The van der Waals surface area contributed by atoms with Crippen molar-refractivity contribution in [3.8, 4) is 0 Å². The minimum absolute atomic E-state index is 0.133. The molecular formula is C26H24Cl3N3O3. The highest BCUT2D eigenvalue weighted by Gasteiger charge is 2.40. The van der Waals surface area contributed by atoms with E-state index >= 15 is 0 Å². The van der Waals surface area contributed by atoms with Gasteiger partial charge in [-0.1, -0.05) is 72.9 Å². The van der Waals surface area contributed by atoms with E-state index < -0.39 is 11.0 Å². The maximum atomic E-state index is 14.0. The van der Waals surface area contributed by atoms with Gasteiger partial charge < -0.3 is 9.80 Å². The summed E-state index contributed by atoms with van der Waals surface area (Å²) in [5.41, 5.74) is 2.65. The molecule has 0 bridgehead atoms. The fourth-order valence-electron chi connectivity index (χ4n) is 4.34. The number of benzene rings is 3. The second-order valence-corrected chi connectivity index (χ2v) is 10.3. The summed E-state index contributed by atoms with van der Waals surface area (Å²) in [6.45, 7) is 4.76. The van der Waals surface area contributed by atoms with Crippen LogP contribution in [-0.4, -0.2) is 16.9 Å². The summed E-state index contributed by atoms with van der Waals surface area (Å²) in [5, 5.41) is 13.1. The first-order valence-electron chi connectivity index (χ1n) is 11.2. The SMILES string of the molecule is CC(C)CC1C(=O)N(Cc2ccc(Cl)cc2)c2cc([N+](=O)[O-])cc(Cl)c2N1Cc1ccc(Cl)cc1. The van der Waals surface area contributed by atoms with E-state index in [-0.39, 0.29) is 29.1 Å². The van der Waals surface area contributed by atoms with E-state index in [4.69, 9.17) is 34.8 Å². The number of nitro benzene ring substituents is 1. The molecule has 0 aliphatic carbocycles. The van der Waals surface area contributed by atoms with Gasteiger partial charge in [0.15, 0.2) is 0 Å². The van der Waals surface area contributed by atoms with Crippen LogP contribution >= 0.6 is 34.8 Å². The lowest BCUT2D eigenvalue weighted by Crippen LogP contribution is -2.53. The van der Waals surface area contributed by atoms with Crippen LogP contribution in [0.15, 0.2) is 60.7 Å². The Hall–Kier alpha value is -2.80. The van der Waals surface area contributed by atoms with E-state index in [1.807, 2.05) is 29.2 Å². The quantitative estimate of drug-likeness (QED) is 0.233. The summed E-state index contributed by atoms with van der Waals surface area (Å²) in [4.78, 5) is 28.7. The molecule has 3 aromatic carbocycles. The third kappa shape index (κ3) is 5.56. The molecular weight excluding hydrogens is 509 g/mol. The Kier molecular flexibility index (Phi) is 7.55. The van der Waals surface area contributed by atoms with E-state index in [9.17, 15) is 14.9 Å². The van der Waals surface area contributed by atoms with E-state index in [1.165, 1.54) is 12.1 Å². The fraction of sp³-hybridized carbons (Fsp3) is 0.269. The first-order chi connectivity index (χ1) is 16.6. The van der Waals surface area contributed by atoms with Gasteiger partial charge in [0, 0.05) is 28.7 Å². The highest BCUT2D eigenvalue weighted by molar-refractivity contribution is 6.35. The molecule has 0 spiro atoms. The number of nitro groups is 1. The van der Waals surface area contributed by atoms with Crippen LogP contribution in [0.25, 0.3) is 0 Å². The Labute approximate surface area is 219 Å². The topological polar surface area (TPSA) is 66.7 Å². The van der Waals surface area contributed by atoms with Crippen molar-refractivity contribution in [1.29, 1.82) is 0 Å². The molecule has 1 unspecified atom stereocenters. The molecule has 1 atom stereocenters. The summed E-state index contributed by atoms with van der Waals surface area (Å²) in [5.74, 6) is 0.0964. The zero-order valence-electron chi connectivity index (χ0n) is 19.2. The van der Waals surface area contributed by atoms with Gasteiger partial charge in [0.1, 0.15) is 6.04 Å². The van der Waals surface area contributed by atoms with E-state index in [2.05, 4.69) is 13.8 Å². The number of non-ortho nitro benzene ring substituents is 1. The first kappa shape index (κ1) is 25.3. The molecule has 6 nitrogen and oxygen atoms in total. The second kappa shape index (κ2) is 10.4. The smallest absolute Gasteiger partial charge is 0.273 e. The second-order valence-electron chi connectivity index (χ2n) is 9.00. The average molecular weight is 533 g/mol. The molecule has 0 aromatic heterocycles. The lowest BCUT2D eigenvalue weighted by Gasteiger charge is -2.44. The standard InChI is InChI=1S/C26H24Cl3N3O3/c1-16(2)11-24-26(33)31(15-18-5-9-20(28)10-6-18)23-13-21(32(34)35)12-22(29)25(23)30(24)14-17-3-7-19(27)8-4-17/h3-10,12-13,16,24H,11,14-15H2,1-2H3. The van der Waals surface area contributed by atoms with E-state index in [0.717, 1.165) is 11.1 Å². The summed E-state index contributed by atoms with van der Waals surface area (Å²) >= 11 is 18.8. The Balaban J connectivity index is 1.86. The summed E-state index contributed by atoms with van der Waals surface area (Å²) in [6, 6.07) is 16.9. The number of anilines is 2. The van der Waals surface area contributed by atoms with E-state index in [1.54, 1.807) is 29.2 Å². The van der Waals surface area contributed by atoms with Crippen molar-refractivity contribution in [2.75, 3.05) is 9.80 Å². The number of fused-ring (bicyclic) bond motifs is 1. The van der Waals surface area contributed by atoms with E-state index in [0.29, 0.717) is 34.4 Å². The molecule has 0 saturated carbocycles. The lowest BCUT2D eigenvalue weighted by molar-refractivity contribution is -0.384. The maximum Gasteiger partial charge on any atom is 0.273 e. The number of hydrogen-bond acceptors (Lipinski definition) is 4. The molecule has 182 valence electrons. The van der Waals surface area contributed by atoms with Gasteiger partial charge >= 0.3 is 0 Å². The molecule has 1 heterocycles. The van der Waals surface area contributed by atoms with Gasteiger partial charge in [-0.25, -0.2) is 0 Å². The molecule has 0 N–H and O–H groups in total. The number of carbonyl (C=O) groups is 1. The summed E-state index contributed by atoms with van der Waals surface area (Å²) in [7, 11) is 0. The molecule has 1 aliphatic rings. The highest BCUT2D eigenvalue weighted by atomic mass is 35.5. The number of nitrogens with zero attached hydrogens (tertiary/aromatic N) is 3. The van der Waals surface area contributed by atoms with Gasteiger partial charge in [-0.15, -0.1) is 0 Å². The maximum absolute atomic E-state index is 14.0. The molecule has 0 radical (unpaired) electrons. The predicted octanol–water partition coefficient (Wildman–Crippen LogP) is 7.52. The Morgan fingerprint density at radius 2 is 1.46 bits per heavy atom. The van der Waals surface area contributed by atoms with Crippen molar-refractivity contribution in [1.82, 2.24) is 0 Å². The van der Waals surface area contributed by atoms with Crippen molar-refractivity contribution >= 4 is 57.8 Å². The number of hydrogen-bond donors (Lipinski definition) is 0. The first-order valence-corrected chi connectivity index (χ1v) is 12.3. The minimum atomic E-state index is -0.499. The summed E-state index contributed by atoms with van der Waals surface area (Å²) < 4.78 is 0. The van der Waals surface area contributed by atoms with Gasteiger partial charge in [-0.2, -0.15) is 0 Å². The van der Waals surface area contributed by atoms with Crippen LogP contribution in [0.5, 0.6) is 0 Å². The molecule has 9 heteroatoms.